The van der Waals surface area contributed by atoms with E-state index in [0.29, 0.717) is 23.6 Å². The number of hydrogen-bond acceptors (Lipinski definition) is 4. The van der Waals surface area contributed by atoms with Crippen LogP contribution in [0.1, 0.15) is 24.2 Å². The average Bonchev–Trinajstić information content (AvgIpc) is 2.67. The van der Waals surface area contributed by atoms with Crippen molar-refractivity contribution in [3.63, 3.8) is 0 Å². The van der Waals surface area contributed by atoms with E-state index in [0.717, 1.165) is 5.52 Å². The molecule has 1 heterocycles. The van der Waals surface area contributed by atoms with Crippen LogP contribution in [0.2, 0.25) is 0 Å². The fourth-order valence-corrected chi connectivity index (χ4v) is 1.61. The van der Waals surface area contributed by atoms with Gasteiger partial charge in [0.25, 0.3) is 5.91 Å². The van der Waals surface area contributed by atoms with Gasteiger partial charge in [-0.2, -0.15) is 0 Å². The van der Waals surface area contributed by atoms with Crippen molar-refractivity contribution in [3.8, 4) is 0 Å². The summed E-state index contributed by atoms with van der Waals surface area (Å²) in [5.41, 5.74) is 6.07. The maximum absolute atomic E-state index is 11.2. The summed E-state index contributed by atoms with van der Waals surface area (Å²) in [7, 11) is 0. The normalized spacial score (nSPS) is 11.7. The van der Waals surface area contributed by atoms with E-state index in [1.165, 1.54) is 0 Å². The molecular weight excluding hydrogens is 232 g/mol. The van der Waals surface area contributed by atoms with E-state index in [1.54, 1.807) is 26.0 Å². The van der Waals surface area contributed by atoms with Gasteiger partial charge in [0.1, 0.15) is 5.52 Å². The van der Waals surface area contributed by atoms with E-state index in [9.17, 15) is 9.90 Å². The maximum atomic E-state index is 11.2. The zero-order valence-corrected chi connectivity index (χ0v) is 10.3. The lowest BCUT2D eigenvalue weighted by Gasteiger charge is -2.16. The first-order valence-corrected chi connectivity index (χ1v) is 5.61. The quantitative estimate of drug-likeness (QED) is 0.643. The first kappa shape index (κ1) is 12.4. The van der Waals surface area contributed by atoms with Crippen molar-refractivity contribution in [1.82, 2.24) is 9.97 Å². The summed E-state index contributed by atoms with van der Waals surface area (Å²) >= 11 is 0. The minimum atomic E-state index is -0.842. The van der Waals surface area contributed by atoms with Crippen LogP contribution in [-0.2, 0) is 0 Å². The molecule has 0 aliphatic rings. The van der Waals surface area contributed by atoms with Gasteiger partial charge in [-0.1, -0.05) is 6.07 Å². The molecule has 0 bridgehead atoms. The minimum Gasteiger partial charge on any atom is -0.389 e. The first-order chi connectivity index (χ1) is 8.37. The van der Waals surface area contributed by atoms with Gasteiger partial charge in [-0.25, -0.2) is 4.98 Å². The van der Waals surface area contributed by atoms with Crippen molar-refractivity contribution in [2.45, 2.75) is 19.4 Å². The number of aliphatic hydroxyl groups is 1. The number of para-hydroxylation sites is 1. The van der Waals surface area contributed by atoms with Gasteiger partial charge >= 0.3 is 0 Å². The zero-order chi connectivity index (χ0) is 13.3. The van der Waals surface area contributed by atoms with Crippen molar-refractivity contribution in [1.29, 1.82) is 0 Å². The van der Waals surface area contributed by atoms with Gasteiger partial charge in [0.2, 0.25) is 5.95 Å². The van der Waals surface area contributed by atoms with Gasteiger partial charge in [0.15, 0.2) is 0 Å². The molecule has 6 nitrogen and oxygen atoms in total. The second kappa shape index (κ2) is 4.30. The van der Waals surface area contributed by atoms with E-state index in [4.69, 9.17) is 5.73 Å². The number of rotatable bonds is 4. The van der Waals surface area contributed by atoms with E-state index >= 15 is 0 Å². The highest BCUT2D eigenvalue weighted by atomic mass is 16.3. The second-order valence-electron chi connectivity index (χ2n) is 4.82. The van der Waals surface area contributed by atoms with Crippen LogP contribution in [-0.4, -0.2) is 33.1 Å². The number of aromatic amines is 1. The number of carbonyl (C=O) groups excluding carboxylic acids is 1. The number of fused-ring (bicyclic) bond motifs is 1. The second-order valence-corrected chi connectivity index (χ2v) is 4.82. The standard InChI is InChI=1S/C12H16N4O2/c1-12(2,18)6-14-11-15-8-5-3-4-7(10(13)17)9(8)16-11/h3-5,18H,6H2,1-2H3,(H2,13,17)(H2,14,15,16). The number of carbonyl (C=O) groups is 1. The Kier molecular flexibility index (Phi) is 2.96. The molecule has 0 fully saturated rings. The van der Waals surface area contributed by atoms with Gasteiger partial charge in [0.05, 0.1) is 16.7 Å². The van der Waals surface area contributed by atoms with Gasteiger partial charge in [-0.3, -0.25) is 4.79 Å². The molecule has 1 aromatic carbocycles. The zero-order valence-electron chi connectivity index (χ0n) is 10.3. The lowest BCUT2D eigenvalue weighted by molar-refractivity contribution is 0.0942. The van der Waals surface area contributed by atoms with Crippen LogP contribution in [0, 0.1) is 0 Å². The van der Waals surface area contributed by atoms with Crippen LogP contribution >= 0.6 is 0 Å². The third-order valence-electron chi connectivity index (χ3n) is 2.47. The van der Waals surface area contributed by atoms with Crippen LogP contribution in [0.4, 0.5) is 5.95 Å². The predicted molar refractivity (Wildman–Crippen MR) is 69.4 cm³/mol. The average molecular weight is 248 g/mol. The Morgan fingerprint density at radius 2 is 2.28 bits per heavy atom. The van der Waals surface area contributed by atoms with Crippen LogP contribution < -0.4 is 11.1 Å². The Balaban J connectivity index is 2.33. The fourth-order valence-electron chi connectivity index (χ4n) is 1.61. The summed E-state index contributed by atoms with van der Waals surface area (Å²) in [6, 6.07) is 5.18. The molecule has 0 unspecified atom stereocenters. The van der Waals surface area contributed by atoms with E-state index < -0.39 is 11.5 Å². The molecule has 5 N–H and O–H groups in total. The van der Waals surface area contributed by atoms with Crippen molar-refractivity contribution >= 4 is 22.9 Å². The van der Waals surface area contributed by atoms with E-state index in [-0.39, 0.29) is 0 Å². The number of H-pyrrole nitrogens is 1. The van der Waals surface area contributed by atoms with E-state index in [1.807, 2.05) is 6.07 Å². The number of hydrogen-bond donors (Lipinski definition) is 4. The SMILES string of the molecule is CC(C)(O)CNc1nc2c(C(N)=O)cccc2[nH]1. The summed E-state index contributed by atoms with van der Waals surface area (Å²) < 4.78 is 0. The number of aromatic nitrogens is 2. The molecule has 2 rings (SSSR count). The number of nitrogens with zero attached hydrogens (tertiary/aromatic N) is 1. The summed E-state index contributed by atoms with van der Waals surface area (Å²) in [6.07, 6.45) is 0. The van der Waals surface area contributed by atoms with E-state index in [2.05, 4.69) is 15.3 Å². The highest BCUT2D eigenvalue weighted by Crippen LogP contribution is 2.18. The number of amides is 1. The fraction of sp³-hybridized carbons (Fsp3) is 0.333. The van der Waals surface area contributed by atoms with Crippen molar-refractivity contribution in [2.75, 3.05) is 11.9 Å². The molecule has 2 aromatic rings. The smallest absolute Gasteiger partial charge is 0.250 e. The lowest BCUT2D eigenvalue weighted by atomic mass is 10.1. The largest absolute Gasteiger partial charge is 0.389 e. The number of nitrogens with one attached hydrogen (secondary N) is 2. The van der Waals surface area contributed by atoms with Gasteiger partial charge in [0, 0.05) is 6.54 Å². The van der Waals surface area contributed by atoms with Crippen molar-refractivity contribution in [3.05, 3.63) is 23.8 Å². The molecular formula is C12H16N4O2. The highest BCUT2D eigenvalue weighted by Gasteiger charge is 2.14. The van der Waals surface area contributed by atoms with Crippen LogP contribution in [0.5, 0.6) is 0 Å². The first-order valence-electron chi connectivity index (χ1n) is 5.61. The van der Waals surface area contributed by atoms with Crippen LogP contribution in [0.15, 0.2) is 18.2 Å². The molecule has 1 aromatic heterocycles. The molecule has 0 atom stereocenters. The lowest BCUT2D eigenvalue weighted by Crippen LogP contribution is -2.29. The van der Waals surface area contributed by atoms with Crippen LogP contribution in [0.3, 0.4) is 0 Å². The predicted octanol–water partition coefficient (Wildman–Crippen LogP) is 0.845. The summed E-state index contributed by atoms with van der Waals surface area (Å²) in [5.74, 6) is -0.0121. The number of anilines is 1. The number of primary amides is 1. The minimum absolute atomic E-state index is 0.346. The Morgan fingerprint density at radius 1 is 1.56 bits per heavy atom. The van der Waals surface area contributed by atoms with Gasteiger partial charge < -0.3 is 21.1 Å². The molecule has 0 aliphatic heterocycles. The molecule has 0 saturated heterocycles. The Morgan fingerprint density at radius 3 is 2.89 bits per heavy atom. The molecule has 0 aliphatic carbocycles. The molecule has 6 heteroatoms. The Labute approximate surface area is 104 Å². The molecule has 0 spiro atoms. The van der Waals surface area contributed by atoms with Crippen LogP contribution in [0.25, 0.3) is 11.0 Å². The summed E-state index contributed by atoms with van der Waals surface area (Å²) in [5, 5.41) is 12.6. The van der Waals surface area contributed by atoms with Gasteiger partial charge in [-0.05, 0) is 26.0 Å². The molecule has 0 radical (unpaired) electrons. The topological polar surface area (TPSA) is 104 Å². The third kappa shape index (κ3) is 2.60. The Bertz CT molecular complexity index is 583. The summed E-state index contributed by atoms with van der Waals surface area (Å²) in [4.78, 5) is 18.5. The third-order valence-corrected chi connectivity index (χ3v) is 2.47. The van der Waals surface area contributed by atoms with Gasteiger partial charge in [-0.15, -0.1) is 0 Å². The Hall–Kier alpha value is -2.08. The molecule has 1 amide bonds. The molecule has 18 heavy (non-hydrogen) atoms. The number of imidazole rings is 1. The highest BCUT2D eigenvalue weighted by molar-refractivity contribution is 6.04. The van der Waals surface area contributed by atoms with Crippen molar-refractivity contribution in [2.24, 2.45) is 5.73 Å². The molecule has 0 saturated carbocycles. The maximum Gasteiger partial charge on any atom is 0.250 e. The summed E-state index contributed by atoms with van der Waals surface area (Å²) in [6.45, 7) is 3.73. The molecule has 96 valence electrons. The monoisotopic (exact) mass is 248 g/mol. The number of benzene rings is 1. The van der Waals surface area contributed by atoms with Crippen molar-refractivity contribution < 1.29 is 9.90 Å². The number of nitrogens with two attached hydrogens (primary N) is 1.